The van der Waals surface area contributed by atoms with Crippen LogP contribution in [0.1, 0.15) is 5.56 Å². The highest BCUT2D eigenvalue weighted by atomic mass is 35.5. The molecule has 0 saturated heterocycles. The van der Waals surface area contributed by atoms with Crippen LogP contribution in [-0.4, -0.2) is 20.2 Å². The Kier molecular flexibility index (Phi) is 5.32. The van der Waals surface area contributed by atoms with Crippen LogP contribution in [0.5, 0.6) is 0 Å². The summed E-state index contributed by atoms with van der Waals surface area (Å²) in [5.41, 5.74) is 2.78. The lowest BCUT2D eigenvalue weighted by Gasteiger charge is -2.05. The molecule has 3 heterocycles. The van der Waals surface area contributed by atoms with Gasteiger partial charge >= 0.3 is 6.01 Å². The minimum atomic E-state index is 0.307. The molecule has 1 aromatic carbocycles. The molecule has 6 nitrogen and oxygen atoms in total. The molecule has 0 aliphatic rings. The third-order valence-electron chi connectivity index (χ3n) is 3.65. The standard InChI is InChI=1S/C19H14ClN5OS/c20-14-3-5-15(6-4-14)23-19-25-24-17(26-19)16-2-1-9-22-18(16)27-12-13-7-10-21-11-8-13/h1-11H,12H2,(H,23,25). The maximum atomic E-state index is 5.90. The zero-order valence-electron chi connectivity index (χ0n) is 14.0. The van der Waals surface area contributed by atoms with Gasteiger partial charge in [0.15, 0.2) is 0 Å². The van der Waals surface area contributed by atoms with Gasteiger partial charge in [0.05, 0.1) is 5.56 Å². The molecule has 8 heteroatoms. The van der Waals surface area contributed by atoms with Gasteiger partial charge in [0.25, 0.3) is 5.89 Å². The van der Waals surface area contributed by atoms with Gasteiger partial charge in [0.1, 0.15) is 5.03 Å². The molecule has 0 aliphatic carbocycles. The SMILES string of the molecule is Clc1ccc(Nc2nnc(-c3cccnc3SCc3ccncc3)o2)cc1. The molecule has 0 spiro atoms. The fourth-order valence-corrected chi connectivity index (χ4v) is 3.41. The van der Waals surface area contributed by atoms with Crippen molar-refractivity contribution in [1.29, 1.82) is 0 Å². The largest absolute Gasteiger partial charge is 0.403 e. The van der Waals surface area contributed by atoms with Crippen molar-refractivity contribution in [2.75, 3.05) is 5.32 Å². The van der Waals surface area contributed by atoms with Gasteiger partial charge < -0.3 is 9.73 Å². The Morgan fingerprint density at radius 2 is 1.78 bits per heavy atom. The van der Waals surface area contributed by atoms with Crippen molar-refractivity contribution in [2.45, 2.75) is 10.8 Å². The van der Waals surface area contributed by atoms with Crippen molar-refractivity contribution in [3.63, 3.8) is 0 Å². The van der Waals surface area contributed by atoms with Gasteiger partial charge in [-0.05, 0) is 54.1 Å². The van der Waals surface area contributed by atoms with Gasteiger partial charge in [-0.15, -0.1) is 16.9 Å². The molecule has 4 rings (SSSR count). The second-order valence-corrected chi connectivity index (χ2v) is 6.94. The number of thioether (sulfide) groups is 1. The zero-order chi connectivity index (χ0) is 18.5. The molecule has 0 atom stereocenters. The van der Waals surface area contributed by atoms with Gasteiger partial charge in [-0.1, -0.05) is 16.7 Å². The van der Waals surface area contributed by atoms with Gasteiger partial charge in [0, 0.05) is 35.1 Å². The van der Waals surface area contributed by atoms with E-state index in [9.17, 15) is 0 Å². The minimum Gasteiger partial charge on any atom is -0.403 e. The summed E-state index contributed by atoms with van der Waals surface area (Å²) in [4.78, 5) is 8.49. The van der Waals surface area contributed by atoms with Crippen LogP contribution in [0.15, 0.2) is 76.6 Å². The number of benzene rings is 1. The van der Waals surface area contributed by atoms with Crippen LogP contribution in [-0.2, 0) is 5.75 Å². The highest BCUT2D eigenvalue weighted by molar-refractivity contribution is 7.98. The number of hydrogen-bond acceptors (Lipinski definition) is 7. The Morgan fingerprint density at radius 3 is 2.59 bits per heavy atom. The maximum absolute atomic E-state index is 5.90. The summed E-state index contributed by atoms with van der Waals surface area (Å²) in [5.74, 6) is 1.19. The van der Waals surface area contributed by atoms with Crippen molar-refractivity contribution < 1.29 is 4.42 Å². The third kappa shape index (κ3) is 4.45. The van der Waals surface area contributed by atoms with Crippen LogP contribution in [0, 0.1) is 0 Å². The van der Waals surface area contributed by atoms with Crippen LogP contribution in [0.3, 0.4) is 0 Å². The number of anilines is 2. The van der Waals surface area contributed by atoms with Crippen LogP contribution in [0.25, 0.3) is 11.5 Å². The number of halogens is 1. The van der Waals surface area contributed by atoms with E-state index in [0.717, 1.165) is 22.0 Å². The van der Waals surface area contributed by atoms with E-state index in [1.165, 1.54) is 5.56 Å². The first-order chi connectivity index (χ1) is 13.3. The molecule has 0 bridgehead atoms. The van der Waals surface area contributed by atoms with E-state index in [2.05, 4.69) is 25.5 Å². The number of rotatable bonds is 6. The molecule has 27 heavy (non-hydrogen) atoms. The lowest BCUT2D eigenvalue weighted by Crippen LogP contribution is -1.89. The smallest absolute Gasteiger partial charge is 0.320 e. The summed E-state index contributed by atoms with van der Waals surface area (Å²) in [5, 5.41) is 12.8. The molecular weight excluding hydrogens is 382 g/mol. The Balaban J connectivity index is 1.52. The highest BCUT2D eigenvalue weighted by Gasteiger charge is 2.14. The van der Waals surface area contributed by atoms with Gasteiger partial charge in [-0.3, -0.25) is 4.98 Å². The first-order valence-electron chi connectivity index (χ1n) is 8.11. The highest BCUT2D eigenvalue weighted by Crippen LogP contribution is 2.31. The molecule has 134 valence electrons. The van der Waals surface area contributed by atoms with Crippen molar-refractivity contribution >= 4 is 35.1 Å². The fraction of sp³-hybridized carbons (Fsp3) is 0.0526. The normalized spacial score (nSPS) is 10.7. The molecule has 0 unspecified atom stereocenters. The van der Waals surface area contributed by atoms with Crippen molar-refractivity contribution in [3.05, 3.63) is 77.7 Å². The Labute approximate surface area is 165 Å². The molecule has 4 aromatic rings. The summed E-state index contributed by atoms with van der Waals surface area (Å²) in [7, 11) is 0. The Morgan fingerprint density at radius 1 is 0.963 bits per heavy atom. The van der Waals surface area contributed by atoms with Gasteiger partial charge in [-0.25, -0.2) is 4.98 Å². The van der Waals surface area contributed by atoms with Crippen molar-refractivity contribution in [3.8, 4) is 11.5 Å². The van der Waals surface area contributed by atoms with E-state index in [-0.39, 0.29) is 0 Å². The molecule has 0 fully saturated rings. The molecule has 0 radical (unpaired) electrons. The van der Waals surface area contributed by atoms with E-state index in [0.29, 0.717) is 16.9 Å². The van der Waals surface area contributed by atoms with E-state index in [1.807, 2.05) is 36.4 Å². The Bertz CT molecular complexity index is 1020. The molecule has 0 amide bonds. The number of hydrogen-bond donors (Lipinski definition) is 1. The predicted octanol–water partition coefficient (Wildman–Crippen LogP) is 5.22. The average molecular weight is 396 g/mol. The molecule has 1 N–H and O–H groups in total. The maximum Gasteiger partial charge on any atom is 0.320 e. The molecule has 0 aliphatic heterocycles. The van der Waals surface area contributed by atoms with E-state index in [4.69, 9.17) is 16.0 Å². The third-order valence-corrected chi connectivity index (χ3v) is 4.98. The van der Waals surface area contributed by atoms with Crippen LogP contribution < -0.4 is 5.32 Å². The second-order valence-electron chi connectivity index (χ2n) is 5.54. The van der Waals surface area contributed by atoms with Gasteiger partial charge in [0.2, 0.25) is 0 Å². The van der Waals surface area contributed by atoms with Crippen molar-refractivity contribution in [2.24, 2.45) is 0 Å². The molecule has 3 aromatic heterocycles. The minimum absolute atomic E-state index is 0.307. The lowest BCUT2D eigenvalue weighted by molar-refractivity contribution is 0.585. The lowest BCUT2D eigenvalue weighted by atomic mass is 10.3. The van der Waals surface area contributed by atoms with Crippen LogP contribution in [0.4, 0.5) is 11.7 Å². The Hall–Kier alpha value is -2.90. The van der Waals surface area contributed by atoms with Crippen LogP contribution in [0.2, 0.25) is 5.02 Å². The van der Waals surface area contributed by atoms with E-state index in [1.54, 1.807) is 42.5 Å². The topological polar surface area (TPSA) is 76.7 Å². The van der Waals surface area contributed by atoms with Gasteiger partial charge in [-0.2, -0.15) is 0 Å². The summed E-state index contributed by atoms with van der Waals surface area (Å²) in [6.45, 7) is 0. The monoisotopic (exact) mass is 395 g/mol. The average Bonchev–Trinajstić information content (AvgIpc) is 3.17. The number of pyridine rings is 2. The zero-order valence-corrected chi connectivity index (χ0v) is 15.6. The number of nitrogens with one attached hydrogen (secondary N) is 1. The molecule has 0 saturated carbocycles. The quantitative estimate of drug-likeness (QED) is 0.448. The van der Waals surface area contributed by atoms with Crippen molar-refractivity contribution in [1.82, 2.24) is 20.2 Å². The van der Waals surface area contributed by atoms with E-state index >= 15 is 0 Å². The second kappa shape index (κ2) is 8.20. The first-order valence-corrected chi connectivity index (χ1v) is 9.47. The summed E-state index contributed by atoms with van der Waals surface area (Å²) in [6.07, 6.45) is 5.31. The van der Waals surface area contributed by atoms with Crippen LogP contribution >= 0.6 is 23.4 Å². The molecular formula is C19H14ClN5OS. The first kappa shape index (κ1) is 17.5. The fourth-order valence-electron chi connectivity index (χ4n) is 2.34. The number of nitrogens with zero attached hydrogens (tertiary/aromatic N) is 4. The summed E-state index contributed by atoms with van der Waals surface area (Å²) < 4.78 is 5.77. The number of aromatic nitrogens is 4. The summed E-state index contributed by atoms with van der Waals surface area (Å²) in [6, 6.07) is 15.3. The summed E-state index contributed by atoms with van der Waals surface area (Å²) >= 11 is 7.51. The van der Waals surface area contributed by atoms with E-state index < -0.39 is 0 Å². The predicted molar refractivity (Wildman–Crippen MR) is 106 cm³/mol.